The highest BCUT2D eigenvalue weighted by molar-refractivity contribution is 7.99. The van der Waals surface area contributed by atoms with E-state index < -0.39 is 0 Å². The van der Waals surface area contributed by atoms with Crippen LogP contribution < -0.4 is 5.32 Å². The third-order valence-corrected chi connectivity index (χ3v) is 4.28. The third-order valence-electron chi connectivity index (χ3n) is 3.40. The molecule has 2 aliphatic rings. The molecule has 2 N–H and O–H groups in total. The van der Waals surface area contributed by atoms with E-state index in [2.05, 4.69) is 20.7 Å². The zero-order chi connectivity index (χ0) is 11.7. The molecule has 1 aromatic heterocycles. The summed E-state index contributed by atoms with van der Waals surface area (Å²) in [5, 5.41) is 14.6. The van der Waals surface area contributed by atoms with Gasteiger partial charge in [0.2, 0.25) is 5.91 Å². The number of hydrogen-bond donors (Lipinski definition) is 2. The van der Waals surface area contributed by atoms with Gasteiger partial charge in [0.15, 0.2) is 0 Å². The lowest BCUT2D eigenvalue weighted by atomic mass is 10.1. The lowest BCUT2D eigenvalue weighted by Gasteiger charge is -2.22. The number of nitrogens with zero attached hydrogens (tertiary/aromatic N) is 3. The summed E-state index contributed by atoms with van der Waals surface area (Å²) in [5.41, 5.74) is 0. The fourth-order valence-corrected chi connectivity index (χ4v) is 3.35. The topological polar surface area (TPSA) is 73.9 Å². The van der Waals surface area contributed by atoms with Crippen molar-refractivity contribution in [2.24, 2.45) is 0 Å². The molecule has 3 rings (SSSR count). The summed E-state index contributed by atoms with van der Waals surface area (Å²) in [6.07, 6.45) is 3.46. The largest absolute Gasteiger partial charge is 0.337 e. The molecule has 1 amide bonds. The second kappa shape index (κ2) is 4.66. The molecular formula is C10H15N5OS. The Kier molecular flexibility index (Phi) is 3.02. The maximum atomic E-state index is 11.8. The molecule has 17 heavy (non-hydrogen) atoms. The fourth-order valence-electron chi connectivity index (χ4n) is 2.63. The van der Waals surface area contributed by atoms with E-state index >= 15 is 0 Å². The van der Waals surface area contributed by atoms with Crippen molar-refractivity contribution in [2.45, 2.75) is 30.0 Å². The Balaban J connectivity index is 1.52. The van der Waals surface area contributed by atoms with Gasteiger partial charge in [-0.3, -0.25) is 4.79 Å². The number of likely N-dealkylation sites (tertiary alicyclic amines) is 1. The van der Waals surface area contributed by atoms with E-state index in [4.69, 9.17) is 0 Å². The minimum absolute atomic E-state index is 0.285. The zero-order valence-electron chi connectivity index (χ0n) is 9.43. The SMILES string of the molecule is O=C1C[C@H]2NCC[C@H]2N1CCSc1cn[nH]n1. The van der Waals surface area contributed by atoms with Crippen molar-refractivity contribution in [3.05, 3.63) is 6.20 Å². The Morgan fingerprint density at radius 2 is 2.53 bits per heavy atom. The minimum atomic E-state index is 0.285. The van der Waals surface area contributed by atoms with Crippen LogP contribution in [0, 0.1) is 0 Å². The van der Waals surface area contributed by atoms with Crippen LogP contribution in [-0.2, 0) is 4.79 Å². The Bertz CT molecular complexity index is 395. The highest BCUT2D eigenvalue weighted by atomic mass is 32.2. The number of thioether (sulfide) groups is 1. The first-order valence-electron chi connectivity index (χ1n) is 5.86. The number of H-pyrrole nitrogens is 1. The Morgan fingerprint density at radius 1 is 1.59 bits per heavy atom. The van der Waals surface area contributed by atoms with Gasteiger partial charge in [-0.05, 0) is 13.0 Å². The highest BCUT2D eigenvalue weighted by Gasteiger charge is 2.41. The molecule has 0 saturated carbocycles. The van der Waals surface area contributed by atoms with Crippen LogP contribution >= 0.6 is 11.8 Å². The summed E-state index contributed by atoms with van der Waals surface area (Å²) in [5.74, 6) is 1.16. The standard InChI is InChI=1S/C10H15N5OS/c16-10-5-7-8(1-2-11-7)15(10)3-4-17-9-6-12-14-13-9/h6-8,11H,1-5H2,(H,12,13,14)/t7-,8-/m1/s1. The summed E-state index contributed by atoms with van der Waals surface area (Å²) in [7, 11) is 0. The zero-order valence-corrected chi connectivity index (χ0v) is 10.2. The maximum absolute atomic E-state index is 11.8. The molecule has 0 bridgehead atoms. The van der Waals surface area contributed by atoms with Crippen LogP contribution in [0.25, 0.3) is 0 Å². The number of rotatable bonds is 4. The number of carbonyl (C=O) groups excluding carboxylic acids is 1. The van der Waals surface area contributed by atoms with Crippen molar-refractivity contribution in [3.63, 3.8) is 0 Å². The van der Waals surface area contributed by atoms with Crippen LogP contribution in [0.3, 0.4) is 0 Å². The van der Waals surface area contributed by atoms with Crippen LogP contribution in [0.5, 0.6) is 0 Å². The first-order chi connectivity index (χ1) is 8.34. The molecule has 92 valence electrons. The smallest absolute Gasteiger partial charge is 0.224 e. The second-order valence-electron chi connectivity index (χ2n) is 4.36. The van der Waals surface area contributed by atoms with E-state index in [1.54, 1.807) is 18.0 Å². The predicted molar refractivity (Wildman–Crippen MR) is 63.6 cm³/mol. The van der Waals surface area contributed by atoms with Gasteiger partial charge in [-0.1, -0.05) is 0 Å². The maximum Gasteiger partial charge on any atom is 0.224 e. The van der Waals surface area contributed by atoms with Crippen molar-refractivity contribution in [1.29, 1.82) is 0 Å². The average molecular weight is 253 g/mol. The van der Waals surface area contributed by atoms with Crippen LogP contribution in [0.2, 0.25) is 0 Å². The first-order valence-corrected chi connectivity index (χ1v) is 6.84. The summed E-state index contributed by atoms with van der Waals surface area (Å²) in [6.45, 7) is 1.84. The van der Waals surface area contributed by atoms with Crippen LogP contribution in [-0.4, -0.2) is 57.1 Å². The molecule has 6 nitrogen and oxygen atoms in total. The molecule has 0 aliphatic carbocycles. The van der Waals surface area contributed by atoms with Gasteiger partial charge in [-0.15, -0.1) is 16.9 Å². The number of carbonyl (C=O) groups is 1. The summed E-state index contributed by atoms with van der Waals surface area (Å²) in [4.78, 5) is 13.8. The van der Waals surface area contributed by atoms with E-state index in [0.29, 0.717) is 18.5 Å². The second-order valence-corrected chi connectivity index (χ2v) is 5.48. The Labute approximate surface area is 104 Å². The number of aromatic amines is 1. The molecule has 2 saturated heterocycles. The number of nitrogens with one attached hydrogen (secondary N) is 2. The molecule has 2 aliphatic heterocycles. The van der Waals surface area contributed by atoms with Gasteiger partial charge in [0, 0.05) is 30.8 Å². The summed E-state index contributed by atoms with van der Waals surface area (Å²) >= 11 is 1.63. The lowest BCUT2D eigenvalue weighted by Crippen LogP contribution is -2.37. The third kappa shape index (κ3) is 2.16. The van der Waals surface area contributed by atoms with Crippen molar-refractivity contribution in [3.8, 4) is 0 Å². The van der Waals surface area contributed by atoms with Gasteiger partial charge in [0.05, 0.1) is 6.20 Å². The Morgan fingerprint density at radius 3 is 3.35 bits per heavy atom. The normalized spacial score (nSPS) is 27.8. The monoisotopic (exact) mass is 253 g/mol. The summed E-state index contributed by atoms with van der Waals surface area (Å²) in [6, 6.07) is 0.806. The molecule has 0 aromatic carbocycles. The van der Waals surface area contributed by atoms with Crippen LogP contribution in [0.15, 0.2) is 11.2 Å². The van der Waals surface area contributed by atoms with Crippen LogP contribution in [0.1, 0.15) is 12.8 Å². The van der Waals surface area contributed by atoms with E-state index in [0.717, 1.165) is 30.3 Å². The molecule has 3 heterocycles. The van der Waals surface area contributed by atoms with Gasteiger partial charge in [-0.25, -0.2) is 0 Å². The minimum Gasteiger partial charge on any atom is -0.337 e. The highest BCUT2D eigenvalue weighted by Crippen LogP contribution is 2.26. The van der Waals surface area contributed by atoms with Gasteiger partial charge >= 0.3 is 0 Å². The molecule has 7 heteroatoms. The van der Waals surface area contributed by atoms with E-state index in [1.807, 2.05) is 4.90 Å². The molecule has 0 spiro atoms. The van der Waals surface area contributed by atoms with E-state index in [1.165, 1.54) is 0 Å². The molecule has 0 unspecified atom stereocenters. The van der Waals surface area contributed by atoms with Gasteiger partial charge < -0.3 is 10.2 Å². The fraction of sp³-hybridized carbons (Fsp3) is 0.700. The average Bonchev–Trinajstić information content (AvgIpc) is 2.98. The molecule has 2 atom stereocenters. The number of amides is 1. The van der Waals surface area contributed by atoms with Gasteiger partial charge in [0.25, 0.3) is 0 Å². The van der Waals surface area contributed by atoms with E-state index in [9.17, 15) is 4.79 Å². The first kappa shape index (κ1) is 11.0. The van der Waals surface area contributed by atoms with Crippen LogP contribution in [0.4, 0.5) is 0 Å². The lowest BCUT2D eigenvalue weighted by molar-refractivity contribution is -0.128. The molecule has 1 aromatic rings. The van der Waals surface area contributed by atoms with Crippen molar-refractivity contribution in [1.82, 2.24) is 25.6 Å². The number of aromatic nitrogens is 3. The Hall–Kier alpha value is -1.08. The molecule has 0 radical (unpaired) electrons. The van der Waals surface area contributed by atoms with Gasteiger partial charge in [0.1, 0.15) is 5.03 Å². The van der Waals surface area contributed by atoms with Gasteiger partial charge in [-0.2, -0.15) is 10.3 Å². The number of fused-ring (bicyclic) bond motifs is 1. The van der Waals surface area contributed by atoms with Crippen molar-refractivity contribution < 1.29 is 4.79 Å². The van der Waals surface area contributed by atoms with E-state index in [-0.39, 0.29) is 5.91 Å². The number of hydrogen-bond acceptors (Lipinski definition) is 5. The predicted octanol–water partition coefficient (Wildman–Crippen LogP) is -0.140. The van der Waals surface area contributed by atoms with Crippen molar-refractivity contribution >= 4 is 17.7 Å². The quantitative estimate of drug-likeness (QED) is 0.731. The molecule has 2 fully saturated rings. The van der Waals surface area contributed by atoms with Crippen molar-refractivity contribution in [2.75, 3.05) is 18.8 Å². The summed E-state index contributed by atoms with van der Waals surface area (Å²) < 4.78 is 0. The molecular weight excluding hydrogens is 238 g/mol.